The van der Waals surface area contributed by atoms with Crippen LogP contribution >= 0.6 is 0 Å². The van der Waals surface area contributed by atoms with Crippen LogP contribution < -0.4 is 5.32 Å². The van der Waals surface area contributed by atoms with Crippen LogP contribution in [0.5, 0.6) is 0 Å². The maximum atomic E-state index is 8.07. The van der Waals surface area contributed by atoms with Gasteiger partial charge in [0, 0.05) is 6.54 Å². The second-order valence-electron chi connectivity index (χ2n) is 2.57. The molecule has 0 saturated carbocycles. The predicted octanol–water partition coefficient (Wildman–Crippen LogP) is 1.49. The molecule has 0 aliphatic rings. The molecule has 0 spiro atoms. The summed E-state index contributed by atoms with van der Waals surface area (Å²) < 4.78 is 0. The van der Waals surface area contributed by atoms with E-state index < -0.39 is 0 Å². The molecule has 0 unspecified atom stereocenters. The standard InChI is InChI=1S/C7H14N2/c1-7(2)4-3-5-9-6-8/h7,9H,3-5H2,1-2H3. The molecule has 0 amide bonds. The lowest BCUT2D eigenvalue weighted by atomic mass is 10.1. The first-order chi connectivity index (χ1) is 4.27. The van der Waals surface area contributed by atoms with Gasteiger partial charge in [-0.1, -0.05) is 13.8 Å². The van der Waals surface area contributed by atoms with Crippen molar-refractivity contribution in [2.24, 2.45) is 5.92 Å². The van der Waals surface area contributed by atoms with Gasteiger partial charge in [-0.3, -0.25) is 0 Å². The van der Waals surface area contributed by atoms with Gasteiger partial charge in [0.1, 0.15) is 0 Å². The molecule has 1 N–H and O–H groups in total. The second-order valence-corrected chi connectivity index (χ2v) is 2.57. The Bertz CT molecular complexity index is 91.6. The fraction of sp³-hybridized carbons (Fsp3) is 0.857. The van der Waals surface area contributed by atoms with E-state index in [2.05, 4.69) is 19.2 Å². The summed E-state index contributed by atoms with van der Waals surface area (Å²) >= 11 is 0. The van der Waals surface area contributed by atoms with E-state index >= 15 is 0 Å². The Morgan fingerprint density at radius 2 is 2.22 bits per heavy atom. The molecule has 52 valence electrons. The number of nitrogens with zero attached hydrogens (tertiary/aromatic N) is 1. The lowest BCUT2D eigenvalue weighted by Crippen LogP contribution is -2.07. The Labute approximate surface area is 56.9 Å². The van der Waals surface area contributed by atoms with Crippen molar-refractivity contribution < 1.29 is 0 Å². The van der Waals surface area contributed by atoms with Gasteiger partial charge in [0.15, 0.2) is 6.19 Å². The summed E-state index contributed by atoms with van der Waals surface area (Å²) in [4.78, 5) is 0. The highest BCUT2D eigenvalue weighted by Gasteiger charge is 1.91. The first-order valence-corrected chi connectivity index (χ1v) is 3.39. The van der Waals surface area contributed by atoms with Gasteiger partial charge >= 0.3 is 0 Å². The van der Waals surface area contributed by atoms with Crippen molar-refractivity contribution in [3.63, 3.8) is 0 Å². The van der Waals surface area contributed by atoms with Gasteiger partial charge in [0.25, 0.3) is 0 Å². The van der Waals surface area contributed by atoms with Crippen molar-refractivity contribution >= 4 is 0 Å². The number of hydrogen-bond donors (Lipinski definition) is 1. The highest BCUT2D eigenvalue weighted by atomic mass is 14.8. The van der Waals surface area contributed by atoms with E-state index in [-0.39, 0.29) is 0 Å². The van der Waals surface area contributed by atoms with Crippen molar-refractivity contribution in [2.45, 2.75) is 26.7 Å². The van der Waals surface area contributed by atoms with Gasteiger partial charge in [0.2, 0.25) is 0 Å². The zero-order valence-corrected chi connectivity index (χ0v) is 6.15. The highest BCUT2D eigenvalue weighted by Crippen LogP contribution is 2.01. The molecule has 0 aromatic heterocycles. The van der Waals surface area contributed by atoms with Crippen molar-refractivity contribution in [3.05, 3.63) is 0 Å². The molecule has 0 heterocycles. The zero-order valence-electron chi connectivity index (χ0n) is 6.15. The van der Waals surface area contributed by atoms with Crippen LogP contribution in [0.3, 0.4) is 0 Å². The average molecular weight is 126 g/mol. The molecular formula is C7H14N2. The normalized spacial score (nSPS) is 9.11. The molecule has 0 radical (unpaired) electrons. The third kappa shape index (κ3) is 7.29. The first-order valence-electron chi connectivity index (χ1n) is 3.39. The van der Waals surface area contributed by atoms with Crippen LogP contribution in [0.1, 0.15) is 26.7 Å². The van der Waals surface area contributed by atoms with Crippen molar-refractivity contribution in [3.8, 4) is 6.19 Å². The molecule has 0 aromatic carbocycles. The van der Waals surface area contributed by atoms with E-state index in [1.165, 1.54) is 6.42 Å². The zero-order chi connectivity index (χ0) is 7.11. The van der Waals surface area contributed by atoms with Crippen LogP contribution in [0.2, 0.25) is 0 Å². The third-order valence-corrected chi connectivity index (χ3v) is 1.16. The summed E-state index contributed by atoms with van der Waals surface area (Å²) in [5.41, 5.74) is 0. The quantitative estimate of drug-likeness (QED) is 0.352. The topological polar surface area (TPSA) is 35.8 Å². The van der Waals surface area contributed by atoms with Gasteiger partial charge in [-0.15, -0.1) is 0 Å². The van der Waals surface area contributed by atoms with E-state index in [9.17, 15) is 0 Å². The minimum absolute atomic E-state index is 0.755. The fourth-order valence-corrected chi connectivity index (χ4v) is 0.655. The van der Waals surface area contributed by atoms with Crippen molar-refractivity contribution in [1.82, 2.24) is 5.32 Å². The Balaban J connectivity index is 2.85. The van der Waals surface area contributed by atoms with E-state index in [1.807, 2.05) is 6.19 Å². The lowest BCUT2D eigenvalue weighted by molar-refractivity contribution is 0.549. The minimum atomic E-state index is 0.755. The van der Waals surface area contributed by atoms with Crippen molar-refractivity contribution in [2.75, 3.05) is 6.54 Å². The van der Waals surface area contributed by atoms with Gasteiger partial charge < -0.3 is 5.32 Å². The number of nitriles is 1. The molecule has 0 bridgehead atoms. The van der Waals surface area contributed by atoms with E-state index in [0.717, 1.165) is 18.9 Å². The Morgan fingerprint density at radius 3 is 2.67 bits per heavy atom. The fourth-order valence-electron chi connectivity index (χ4n) is 0.655. The number of hydrogen-bond acceptors (Lipinski definition) is 2. The summed E-state index contributed by atoms with van der Waals surface area (Å²) in [6, 6.07) is 0. The maximum Gasteiger partial charge on any atom is 0.176 e. The van der Waals surface area contributed by atoms with Crippen LogP contribution in [0.15, 0.2) is 0 Å². The molecule has 2 heteroatoms. The van der Waals surface area contributed by atoms with Gasteiger partial charge in [0.05, 0.1) is 0 Å². The SMILES string of the molecule is CC(C)CCCNC#N. The summed E-state index contributed by atoms with van der Waals surface area (Å²) in [6.07, 6.45) is 4.20. The summed E-state index contributed by atoms with van der Waals surface area (Å²) in [5.74, 6) is 0.755. The second kappa shape index (κ2) is 5.43. The lowest BCUT2D eigenvalue weighted by Gasteiger charge is -2.01. The average Bonchev–Trinajstić information content (AvgIpc) is 1.80. The largest absolute Gasteiger partial charge is 0.324 e. The van der Waals surface area contributed by atoms with Gasteiger partial charge in [-0.25, -0.2) is 0 Å². The Morgan fingerprint density at radius 1 is 1.56 bits per heavy atom. The smallest absolute Gasteiger partial charge is 0.176 e. The van der Waals surface area contributed by atoms with Crippen LogP contribution in [0, 0.1) is 17.4 Å². The van der Waals surface area contributed by atoms with Crippen LogP contribution in [-0.2, 0) is 0 Å². The minimum Gasteiger partial charge on any atom is -0.324 e. The Kier molecular flexibility index (Phi) is 5.00. The van der Waals surface area contributed by atoms with E-state index in [4.69, 9.17) is 5.26 Å². The maximum absolute atomic E-state index is 8.07. The highest BCUT2D eigenvalue weighted by molar-refractivity contribution is 4.63. The first kappa shape index (κ1) is 8.29. The monoisotopic (exact) mass is 126 g/mol. The third-order valence-electron chi connectivity index (χ3n) is 1.16. The van der Waals surface area contributed by atoms with Crippen LogP contribution in [0.25, 0.3) is 0 Å². The Hall–Kier alpha value is -0.710. The molecule has 0 aromatic rings. The van der Waals surface area contributed by atoms with Gasteiger partial charge in [-0.2, -0.15) is 5.26 Å². The molecule has 2 nitrogen and oxygen atoms in total. The van der Waals surface area contributed by atoms with Gasteiger partial charge in [-0.05, 0) is 18.8 Å². The summed E-state index contributed by atoms with van der Waals surface area (Å²) in [7, 11) is 0. The number of rotatable bonds is 4. The molecule has 9 heavy (non-hydrogen) atoms. The number of nitrogens with one attached hydrogen (secondary N) is 1. The summed E-state index contributed by atoms with van der Waals surface area (Å²) in [6.45, 7) is 5.20. The van der Waals surface area contributed by atoms with E-state index in [0.29, 0.717) is 0 Å². The van der Waals surface area contributed by atoms with Crippen LogP contribution in [0.4, 0.5) is 0 Å². The predicted molar refractivity (Wildman–Crippen MR) is 37.7 cm³/mol. The molecule has 0 aliphatic heterocycles. The van der Waals surface area contributed by atoms with Crippen molar-refractivity contribution in [1.29, 1.82) is 5.26 Å². The van der Waals surface area contributed by atoms with E-state index in [1.54, 1.807) is 0 Å². The molecule has 0 atom stereocenters. The molecule has 0 fully saturated rings. The molecular weight excluding hydrogens is 112 g/mol. The van der Waals surface area contributed by atoms with Crippen LogP contribution in [-0.4, -0.2) is 6.54 Å². The molecule has 0 aliphatic carbocycles. The molecule has 0 saturated heterocycles. The molecule has 0 rings (SSSR count). The summed E-state index contributed by atoms with van der Waals surface area (Å²) in [5, 5.41) is 10.7.